The first-order valence-corrected chi connectivity index (χ1v) is 13.4. The minimum Gasteiger partial charge on any atom is -0.325 e. The predicted octanol–water partition coefficient (Wildman–Crippen LogP) is 6.32. The average Bonchev–Trinajstić information content (AvgIpc) is 2.96. The van der Waals surface area contributed by atoms with Crippen molar-refractivity contribution >= 4 is 46.1 Å². The number of ketones is 1. The van der Waals surface area contributed by atoms with Gasteiger partial charge in [-0.15, -0.1) is 0 Å². The number of carbonyl (C=O) groups excluding carboxylic acids is 2. The third kappa shape index (κ3) is 6.22. The molecule has 1 N–H and O–H groups in total. The second kappa shape index (κ2) is 11.8. The van der Waals surface area contributed by atoms with Crippen LogP contribution in [0.3, 0.4) is 0 Å². The van der Waals surface area contributed by atoms with E-state index in [0.717, 1.165) is 11.1 Å². The summed E-state index contributed by atoms with van der Waals surface area (Å²) < 4.78 is 1.53. The normalized spacial score (nSPS) is 11.1. The maximum atomic E-state index is 13.3. The van der Waals surface area contributed by atoms with Gasteiger partial charge in [0, 0.05) is 11.3 Å². The highest BCUT2D eigenvalue weighted by Crippen LogP contribution is 2.22. The van der Waals surface area contributed by atoms with Gasteiger partial charge in [-0.1, -0.05) is 90.1 Å². The fourth-order valence-corrected chi connectivity index (χ4v) is 4.85. The first kappa shape index (κ1) is 25.9. The van der Waals surface area contributed by atoms with Gasteiger partial charge in [-0.25, -0.2) is 4.98 Å². The molecule has 0 spiro atoms. The van der Waals surface area contributed by atoms with E-state index < -0.39 is 0 Å². The van der Waals surface area contributed by atoms with Crippen LogP contribution in [0.15, 0.2) is 119 Å². The molecule has 1 aromatic heterocycles. The van der Waals surface area contributed by atoms with Crippen molar-refractivity contribution < 1.29 is 9.59 Å². The molecule has 0 atom stereocenters. The molecule has 0 aliphatic heterocycles. The van der Waals surface area contributed by atoms with E-state index >= 15 is 0 Å². The van der Waals surface area contributed by atoms with Crippen LogP contribution in [0.25, 0.3) is 22.7 Å². The molecule has 0 bridgehead atoms. The Morgan fingerprint density at radius 1 is 0.897 bits per heavy atom. The number of nitrogens with one attached hydrogen (secondary N) is 1. The summed E-state index contributed by atoms with van der Waals surface area (Å²) in [6.07, 6.45) is 3.29. The summed E-state index contributed by atoms with van der Waals surface area (Å²) in [7, 11) is 0. The lowest BCUT2D eigenvalue weighted by Gasteiger charge is -2.13. The molecule has 0 unspecified atom stereocenters. The third-order valence-corrected chi connectivity index (χ3v) is 6.97. The van der Waals surface area contributed by atoms with Gasteiger partial charge in [0.05, 0.1) is 22.3 Å². The number of hydrogen-bond donors (Lipinski definition) is 1. The van der Waals surface area contributed by atoms with Crippen LogP contribution in [0.2, 0.25) is 0 Å². The molecule has 1 heterocycles. The molecular weight excluding hydrogens is 506 g/mol. The molecule has 5 aromatic rings. The van der Waals surface area contributed by atoms with Crippen LogP contribution in [0.5, 0.6) is 0 Å². The summed E-state index contributed by atoms with van der Waals surface area (Å²) in [5.41, 5.74) is 4.13. The van der Waals surface area contributed by atoms with Gasteiger partial charge < -0.3 is 5.32 Å². The monoisotopic (exact) mass is 531 g/mol. The molecule has 1 amide bonds. The molecule has 192 valence electrons. The lowest BCUT2D eigenvalue weighted by Crippen LogP contribution is -2.23. The van der Waals surface area contributed by atoms with Crippen LogP contribution >= 0.6 is 11.8 Å². The van der Waals surface area contributed by atoms with Gasteiger partial charge in [0.15, 0.2) is 10.9 Å². The SMILES string of the molecule is Cc1ccc(/C=C/C(=O)c2cccc(NC(=O)CSc3nc4ccccc4c(=O)n3-c3ccccc3)c2)cc1. The number of allylic oxidation sites excluding steroid dienone is 1. The zero-order chi connectivity index (χ0) is 27.2. The number of amides is 1. The van der Waals surface area contributed by atoms with Crippen molar-refractivity contribution in [3.63, 3.8) is 0 Å². The summed E-state index contributed by atoms with van der Waals surface area (Å²) in [6, 6.07) is 31.1. The number of aryl methyl sites for hydroxylation is 1. The first-order chi connectivity index (χ1) is 19.0. The van der Waals surface area contributed by atoms with Crippen molar-refractivity contribution in [1.29, 1.82) is 0 Å². The van der Waals surface area contributed by atoms with Gasteiger partial charge in [0.1, 0.15) is 0 Å². The number of fused-ring (bicyclic) bond motifs is 1. The van der Waals surface area contributed by atoms with Crippen molar-refractivity contribution in [3.05, 3.63) is 136 Å². The number of thioether (sulfide) groups is 1. The Labute approximate surface area is 230 Å². The molecule has 0 aliphatic rings. The van der Waals surface area contributed by atoms with Crippen molar-refractivity contribution in [2.45, 2.75) is 12.1 Å². The number of aromatic nitrogens is 2. The van der Waals surface area contributed by atoms with E-state index in [9.17, 15) is 14.4 Å². The average molecular weight is 532 g/mol. The summed E-state index contributed by atoms with van der Waals surface area (Å²) in [4.78, 5) is 43.5. The highest BCUT2D eigenvalue weighted by molar-refractivity contribution is 7.99. The van der Waals surface area contributed by atoms with Gasteiger partial charge in [0.25, 0.3) is 5.56 Å². The smallest absolute Gasteiger partial charge is 0.266 e. The third-order valence-electron chi connectivity index (χ3n) is 6.03. The Bertz CT molecular complexity index is 1740. The Kier molecular flexibility index (Phi) is 7.80. The van der Waals surface area contributed by atoms with E-state index in [-0.39, 0.29) is 23.0 Å². The largest absolute Gasteiger partial charge is 0.325 e. The van der Waals surface area contributed by atoms with Gasteiger partial charge >= 0.3 is 0 Å². The lowest BCUT2D eigenvalue weighted by atomic mass is 10.1. The maximum absolute atomic E-state index is 13.3. The van der Waals surface area contributed by atoms with Crippen LogP contribution in [-0.4, -0.2) is 27.0 Å². The molecule has 39 heavy (non-hydrogen) atoms. The fourth-order valence-electron chi connectivity index (χ4n) is 4.04. The molecule has 0 aliphatic carbocycles. The van der Waals surface area contributed by atoms with Crippen LogP contribution in [0, 0.1) is 6.92 Å². The lowest BCUT2D eigenvalue weighted by molar-refractivity contribution is -0.113. The number of para-hydroxylation sites is 2. The van der Waals surface area contributed by atoms with Crippen LogP contribution in [0.1, 0.15) is 21.5 Å². The van der Waals surface area contributed by atoms with Crippen molar-refractivity contribution in [3.8, 4) is 5.69 Å². The standard InChI is InChI=1S/C32H25N3O3S/c1-22-14-16-23(17-15-22)18-19-29(36)24-8-7-9-25(20-24)33-30(37)21-39-32-34-28-13-6-5-12-27(28)31(38)35(32)26-10-3-2-4-11-26/h2-20H,21H2,1H3,(H,33,37)/b19-18+. The number of rotatable bonds is 8. The Morgan fingerprint density at radius 3 is 2.44 bits per heavy atom. The van der Waals surface area contributed by atoms with E-state index in [1.807, 2.05) is 67.6 Å². The van der Waals surface area contributed by atoms with E-state index in [2.05, 4.69) is 10.3 Å². The Balaban J connectivity index is 1.31. The number of nitrogens with zero attached hydrogens (tertiary/aromatic N) is 2. The number of benzene rings is 4. The van der Waals surface area contributed by atoms with E-state index in [0.29, 0.717) is 33.0 Å². The molecule has 0 saturated carbocycles. The van der Waals surface area contributed by atoms with Gasteiger partial charge in [-0.05, 0) is 55.0 Å². The topological polar surface area (TPSA) is 81.1 Å². The zero-order valence-corrected chi connectivity index (χ0v) is 22.0. The number of carbonyl (C=O) groups is 2. The molecule has 5 rings (SSSR count). The van der Waals surface area contributed by atoms with Crippen molar-refractivity contribution in [2.24, 2.45) is 0 Å². The fraction of sp³-hybridized carbons (Fsp3) is 0.0625. The first-order valence-electron chi connectivity index (χ1n) is 12.4. The van der Waals surface area contributed by atoms with Crippen LogP contribution < -0.4 is 10.9 Å². The molecular formula is C32H25N3O3S. The Morgan fingerprint density at radius 2 is 1.64 bits per heavy atom. The minimum absolute atomic E-state index is 0.0309. The van der Waals surface area contributed by atoms with Crippen molar-refractivity contribution in [1.82, 2.24) is 9.55 Å². The zero-order valence-electron chi connectivity index (χ0n) is 21.2. The van der Waals surface area contributed by atoms with Gasteiger partial charge in [-0.2, -0.15) is 0 Å². The van der Waals surface area contributed by atoms with E-state index in [1.165, 1.54) is 22.4 Å². The second-order valence-corrected chi connectivity index (χ2v) is 9.86. The molecule has 7 heteroatoms. The van der Waals surface area contributed by atoms with Crippen LogP contribution in [-0.2, 0) is 4.79 Å². The Hall–Kier alpha value is -4.75. The van der Waals surface area contributed by atoms with E-state index in [4.69, 9.17) is 0 Å². The summed E-state index contributed by atoms with van der Waals surface area (Å²) in [5, 5.41) is 3.78. The number of hydrogen-bond acceptors (Lipinski definition) is 5. The molecule has 4 aromatic carbocycles. The molecule has 0 fully saturated rings. The quantitative estimate of drug-likeness (QED) is 0.110. The highest BCUT2D eigenvalue weighted by Gasteiger charge is 2.15. The summed E-state index contributed by atoms with van der Waals surface area (Å²) >= 11 is 1.18. The maximum Gasteiger partial charge on any atom is 0.266 e. The van der Waals surface area contributed by atoms with Crippen LogP contribution in [0.4, 0.5) is 5.69 Å². The summed E-state index contributed by atoms with van der Waals surface area (Å²) in [5.74, 6) is -0.404. The minimum atomic E-state index is -0.276. The number of anilines is 1. The predicted molar refractivity (Wildman–Crippen MR) is 158 cm³/mol. The van der Waals surface area contributed by atoms with Gasteiger partial charge in [0.2, 0.25) is 5.91 Å². The van der Waals surface area contributed by atoms with Gasteiger partial charge in [-0.3, -0.25) is 19.0 Å². The van der Waals surface area contributed by atoms with Crippen molar-refractivity contribution in [2.75, 3.05) is 11.1 Å². The molecule has 0 radical (unpaired) electrons. The van der Waals surface area contributed by atoms with E-state index in [1.54, 1.807) is 48.5 Å². The molecule has 0 saturated heterocycles. The highest BCUT2D eigenvalue weighted by atomic mass is 32.2. The summed E-state index contributed by atoms with van der Waals surface area (Å²) in [6.45, 7) is 2.01. The molecule has 6 nitrogen and oxygen atoms in total. The second-order valence-electron chi connectivity index (χ2n) is 8.91.